The first-order valence-corrected chi connectivity index (χ1v) is 6.13. The lowest BCUT2D eigenvalue weighted by Gasteiger charge is -2.24. The van der Waals surface area contributed by atoms with E-state index in [2.05, 4.69) is 31.4 Å². The molecule has 0 saturated heterocycles. The first-order valence-electron chi connectivity index (χ1n) is 6.13. The summed E-state index contributed by atoms with van der Waals surface area (Å²) in [6.07, 6.45) is 2.06. The van der Waals surface area contributed by atoms with Gasteiger partial charge in [0.2, 0.25) is 0 Å². The molecule has 0 aromatic heterocycles. The van der Waals surface area contributed by atoms with Crippen molar-refractivity contribution in [2.45, 2.75) is 40.5 Å². The Kier molecular flexibility index (Phi) is 7.99. The van der Waals surface area contributed by atoms with Crippen molar-refractivity contribution in [3.63, 3.8) is 0 Å². The number of hydrogen-bond acceptors (Lipinski definition) is 3. The molecule has 96 valence electrons. The van der Waals surface area contributed by atoms with Crippen LogP contribution in [-0.4, -0.2) is 32.3 Å². The van der Waals surface area contributed by atoms with Gasteiger partial charge in [0.1, 0.15) is 0 Å². The molecule has 0 bridgehead atoms. The molecule has 0 aromatic rings. The third kappa shape index (κ3) is 8.53. The van der Waals surface area contributed by atoms with Crippen molar-refractivity contribution in [2.75, 3.05) is 26.2 Å². The van der Waals surface area contributed by atoms with Gasteiger partial charge in [-0.1, -0.05) is 27.2 Å². The summed E-state index contributed by atoms with van der Waals surface area (Å²) in [5.74, 6) is 0. The zero-order chi connectivity index (χ0) is 12.4. The first-order chi connectivity index (χ1) is 7.52. The van der Waals surface area contributed by atoms with E-state index in [0.29, 0.717) is 13.2 Å². The number of alkyl carbamates (subject to hydrolysis) is 1. The highest BCUT2D eigenvalue weighted by Crippen LogP contribution is 2.13. The molecule has 4 heteroatoms. The van der Waals surface area contributed by atoms with Crippen LogP contribution in [0, 0.1) is 5.41 Å². The van der Waals surface area contributed by atoms with E-state index in [9.17, 15) is 4.79 Å². The van der Waals surface area contributed by atoms with Crippen LogP contribution in [0.25, 0.3) is 0 Å². The largest absolute Gasteiger partial charge is 0.449 e. The van der Waals surface area contributed by atoms with Crippen LogP contribution in [0.2, 0.25) is 0 Å². The molecule has 1 amide bonds. The van der Waals surface area contributed by atoms with Crippen LogP contribution in [0.15, 0.2) is 0 Å². The Hall–Kier alpha value is -0.770. The maximum atomic E-state index is 11.1. The fraction of sp³-hybridized carbons (Fsp3) is 0.917. The molecule has 4 nitrogen and oxygen atoms in total. The van der Waals surface area contributed by atoms with Crippen LogP contribution in [0.5, 0.6) is 0 Å². The third-order valence-corrected chi connectivity index (χ3v) is 2.23. The summed E-state index contributed by atoms with van der Waals surface area (Å²) in [5.41, 5.74) is -0.0151. The number of unbranched alkanes of at least 4 members (excludes halogenated alkanes) is 1. The number of carbonyl (C=O) groups is 1. The highest BCUT2D eigenvalue weighted by molar-refractivity contribution is 5.66. The monoisotopic (exact) mass is 230 g/mol. The summed E-state index contributed by atoms with van der Waals surface area (Å²) in [4.78, 5) is 11.1. The summed E-state index contributed by atoms with van der Waals surface area (Å²) in [7, 11) is 0. The smallest absolute Gasteiger partial charge is 0.407 e. The van der Waals surface area contributed by atoms with Crippen LogP contribution in [0.4, 0.5) is 4.79 Å². The molecule has 0 spiro atoms. The molecular formula is C12H26N2O2. The third-order valence-electron chi connectivity index (χ3n) is 2.23. The van der Waals surface area contributed by atoms with E-state index in [1.54, 1.807) is 0 Å². The molecule has 0 aliphatic carbocycles. The Bertz CT molecular complexity index is 193. The number of amides is 1. The van der Waals surface area contributed by atoms with Gasteiger partial charge in [-0.2, -0.15) is 0 Å². The van der Waals surface area contributed by atoms with Gasteiger partial charge in [0.15, 0.2) is 0 Å². The van der Waals surface area contributed by atoms with Crippen molar-refractivity contribution in [2.24, 2.45) is 5.41 Å². The predicted octanol–water partition coefficient (Wildman–Crippen LogP) is 2.15. The molecular weight excluding hydrogens is 204 g/mol. The summed E-state index contributed by atoms with van der Waals surface area (Å²) < 4.78 is 5.11. The molecule has 2 N–H and O–H groups in total. The van der Waals surface area contributed by atoms with Gasteiger partial charge in [0.25, 0.3) is 0 Å². The minimum Gasteiger partial charge on any atom is -0.449 e. The van der Waals surface area contributed by atoms with Crippen molar-refractivity contribution in [1.82, 2.24) is 10.6 Å². The van der Waals surface area contributed by atoms with E-state index in [0.717, 1.165) is 13.1 Å². The Morgan fingerprint density at radius 3 is 2.56 bits per heavy atom. The summed E-state index contributed by atoms with van der Waals surface area (Å²) in [6.45, 7) is 11.2. The minimum atomic E-state index is -0.330. The number of nitrogens with one attached hydrogen (secondary N) is 2. The van der Waals surface area contributed by atoms with Crippen molar-refractivity contribution >= 4 is 6.09 Å². The van der Waals surface area contributed by atoms with Gasteiger partial charge in [0, 0.05) is 18.5 Å². The fourth-order valence-electron chi connectivity index (χ4n) is 1.24. The molecule has 0 fully saturated rings. The standard InChI is InChI=1S/C12H26N2O2/c1-5-7-8-13-9-12(3,4)10-16-11(15)14-6-2/h13H,5-10H2,1-4H3,(H,14,15). The molecule has 0 unspecified atom stereocenters. The molecule has 0 aliphatic heterocycles. The average molecular weight is 230 g/mol. The predicted molar refractivity (Wildman–Crippen MR) is 66.6 cm³/mol. The quantitative estimate of drug-likeness (QED) is 0.628. The number of rotatable bonds is 8. The maximum Gasteiger partial charge on any atom is 0.407 e. The van der Waals surface area contributed by atoms with Gasteiger partial charge >= 0.3 is 6.09 Å². The molecule has 0 aromatic carbocycles. The van der Waals surface area contributed by atoms with Crippen LogP contribution in [0.3, 0.4) is 0 Å². The Morgan fingerprint density at radius 2 is 2.00 bits per heavy atom. The topological polar surface area (TPSA) is 50.4 Å². The van der Waals surface area contributed by atoms with Crippen molar-refractivity contribution < 1.29 is 9.53 Å². The number of hydrogen-bond donors (Lipinski definition) is 2. The zero-order valence-electron chi connectivity index (χ0n) is 11.1. The van der Waals surface area contributed by atoms with Gasteiger partial charge in [-0.15, -0.1) is 0 Å². The highest BCUT2D eigenvalue weighted by Gasteiger charge is 2.19. The van der Waals surface area contributed by atoms with Crippen LogP contribution >= 0.6 is 0 Å². The lowest BCUT2D eigenvalue weighted by Crippen LogP contribution is -2.36. The zero-order valence-corrected chi connectivity index (χ0v) is 11.1. The number of ether oxygens (including phenoxy) is 1. The van der Waals surface area contributed by atoms with E-state index >= 15 is 0 Å². The minimum absolute atomic E-state index is 0.0151. The van der Waals surface area contributed by atoms with Crippen molar-refractivity contribution in [1.29, 1.82) is 0 Å². The normalized spacial score (nSPS) is 11.2. The van der Waals surface area contributed by atoms with Crippen molar-refractivity contribution in [3.8, 4) is 0 Å². The van der Waals surface area contributed by atoms with Gasteiger partial charge in [-0.3, -0.25) is 0 Å². The summed E-state index contributed by atoms with van der Waals surface area (Å²) >= 11 is 0. The maximum absolute atomic E-state index is 11.1. The van der Waals surface area contributed by atoms with Crippen LogP contribution in [0.1, 0.15) is 40.5 Å². The molecule has 0 heterocycles. The summed E-state index contributed by atoms with van der Waals surface area (Å²) in [5, 5.41) is 5.98. The summed E-state index contributed by atoms with van der Waals surface area (Å²) in [6, 6.07) is 0. The molecule has 0 atom stereocenters. The van der Waals surface area contributed by atoms with Crippen LogP contribution in [-0.2, 0) is 4.74 Å². The molecule has 0 rings (SSSR count). The average Bonchev–Trinajstić information content (AvgIpc) is 2.22. The molecule has 0 radical (unpaired) electrons. The highest BCUT2D eigenvalue weighted by atomic mass is 16.5. The second kappa shape index (κ2) is 8.39. The number of carbonyl (C=O) groups excluding carboxylic acids is 1. The Labute approximate surface area is 99.1 Å². The Morgan fingerprint density at radius 1 is 1.31 bits per heavy atom. The molecule has 0 aliphatic rings. The van der Waals surface area contributed by atoms with E-state index < -0.39 is 0 Å². The van der Waals surface area contributed by atoms with E-state index in [4.69, 9.17) is 4.74 Å². The van der Waals surface area contributed by atoms with Gasteiger partial charge < -0.3 is 15.4 Å². The van der Waals surface area contributed by atoms with Gasteiger partial charge in [-0.25, -0.2) is 4.79 Å². The van der Waals surface area contributed by atoms with E-state index in [1.807, 2.05) is 6.92 Å². The van der Waals surface area contributed by atoms with Crippen LogP contribution < -0.4 is 10.6 Å². The molecule has 0 saturated carbocycles. The van der Waals surface area contributed by atoms with Gasteiger partial charge in [-0.05, 0) is 19.9 Å². The second-order valence-corrected chi connectivity index (χ2v) is 4.80. The fourth-order valence-corrected chi connectivity index (χ4v) is 1.24. The van der Waals surface area contributed by atoms with Gasteiger partial charge in [0.05, 0.1) is 6.61 Å². The first kappa shape index (κ1) is 15.2. The van der Waals surface area contributed by atoms with E-state index in [-0.39, 0.29) is 11.5 Å². The Balaban J connectivity index is 3.64. The lowest BCUT2D eigenvalue weighted by molar-refractivity contribution is 0.0985. The second-order valence-electron chi connectivity index (χ2n) is 4.80. The molecule has 16 heavy (non-hydrogen) atoms. The van der Waals surface area contributed by atoms with E-state index in [1.165, 1.54) is 12.8 Å². The lowest BCUT2D eigenvalue weighted by atomic mass is 9.95. The van der Waals surface area contributed by atoms with Crippen molar-refractivity contribution in [3.05, 3.63) is 0 Å². The SMILES string of the molecule is CCCCNCC(C)(C)COC(=O)NCC.